The number of aldehydes is 1. The van der Waals surface area contributed by atoms with Gasteiger partial charge in [-0.1, -0.05) is 36.0 Å². The molecule has 2 aliphatic heterocycles. The number of piperazine rings is 1. The summed E-state index contributed by atoms with van der Waals surface area (Å²) in [7, 11) is 2.29. The molecule has 4 heteroatoms. The number of quaternary nitrogens is 2. The van der Waals surface area contributed by atoms with E-state index in [0.717, 1.165) is 18.3 Å². The first-order chi connectivity index (χ1) is 11.7. The van der Waals surface area contributed by atoms with E-state index in [4.69, 9.17) is 0 Å². The smallest absolute Gasteiger partial charge is 0.150 e. The van der Waals surface area contributed by atoms with E-state index >= 15 is 0 Å². The van der Waals surface area contributed by atoms with Crippen LogP contribution in [0.4, 0.5) is 0 Å². The first-order valence-electron chi connectivity index (χ1n) is 8.75. The number of rotatable bonds is 2. The molecule has 2 aromatic carbocycles. The average Bonchev–Trinajstić information content (AvgIpc) is 2.78. The lowest BCUT2D eigenvalue weighted by atomic mass is 9.95. The van der Waals surface area contributed by atoms with E-state index in [1.54, 1.807) is 9.80 Å². The molecule has 0 amide bonds. The van der Waals surface area contributed by atoms with Crippen molar-refractivity contribution in [2.45, 2.75) is 22.3 Å². The van der Waals surface area contributed by atoms with Crippen LogP contribution in [0.2, 0.25) is 0 Å². The summed E-state index contributed by atoms with van der Waals surface area (Å²) in [4.78, 5) is 17.3. The maximum atomic E-state index is 11.3. The molecular weight excluding hydrogens is 316 g/mol. The highest BCUT2D eigenvalue weighted by atomic mass is 32.2. The number of fused-ring (bicyclic) bond motifs is 2. The Labute approximate surface area is 147 Å². The van der Waals surface area contributed by atoms with E-state index in [1.165, 1.54) is 47.1 Å². The van der Waals surface area contributed by atoms with E-state index in [9.17, 15) is 4.79 Å². The van der Waals surface area contributed by atoms with Gasteiger partial charge < -0.3 is 9.80 Å². The van der Waals surface area contributed by atoms with Gasteiger partial charge in [-0.25, -0.2) is 0 Å². The second-order valence-corrected chi connectivity index (χ2v) is 8.08. The fourth-order valence-corrected chi connectivity index (χ4v) is 5.06. The second kappa shape index (κ2) is 6.71. The van der Waals surface area contributed by atoms with Crippen molar-refractivity contribution in [2.24, 2.45) is 0 Å². The maximum absolute atomic E-state index is 11.3. The van der Waals surface area contributed by atoms with Crippen LogP contribution in [0.3, 0.4) is 0 Å². The third kappa shape index (κ3) is 3.02. The van der Waals surface area contributed by atoms with Crippen LogP contribution in [0.5, 0.6) is 0 Å². The fraction of sp³-hybridized carbons (Fsp3) is 0.350. The van der Waals surface area contributed by atoms with Crippen molar-refractivity contribution in [3.8, 4) is 0 Å². The molecule has 1 saturated heterocycles. The van der Waals surface area contributed by atoms with Crippen molar-refractivity contribution in [1.82, 2.24) is 0 Å². The number of hydrogen-bond acceptors (Lipinski definition) is 2. The number of likely N-dealkylation sites (N-methyl/N-ethyl adjacent to an activating group) is 1. The van der Waals surface area contributed by atoms with Crippen LogP contribution in [0.25, 0.3) is 0 Å². The Bertz CT molecular complexity index is 753. The Kier molecular flexibility index (Phi) is 4.44. The highest BCUT2D eigenvalue weighted by Gasteiger charge is 2.33. The summed E-state index contributed by atoms with van der Waals surface area (Å²) in [6.45, 7) is 4.86. The highest BCUT2D eigenvalue weighted by molar-refractivity contribution is 7.99. The molecule has 24 heavy (non-hydrogen) atoms. The highest BCUT2D eigenvalue weighted by Crippen LogP contribution is 2.40. The lowest BCUT2D eigenvalue weighted by molar-refractivity contribution is -1.02. The van der Waals surface area contributed by atoms with Gasteiger partial charge in [0.2, 0.25) is 0 Å². The number of carbonyl (C=O) groups is 1. The number of nitrogens with one attached hydrogen (secondary N) is 2. The Balaban J connectivity index is 1.77. The Hall–Kier alpha value is -1.62. The summed E-state index contributed by atoms with van der Waals surface area (Å²) in [6, 6.07) is 15.4. The molecule has 2 aromatic rings. The van der Waals surface area contributed by atoms with Gasteiger partial charge in [0.05, 0.1) is 7.05 Å². The van der Waals surface area contributed by atoms with E-state index in [-0.39, 0.29) is 0 Å². The third-order valence-electron chi connectivity index (χ3n) is 5.40. The molecule has 0 radical (unpaired) electrons. The predicted octanol–water partition coefficient (Wildman–Crippen LogP) is 0.661. The standard InChI is InChI=1S/C20H22N2OS/c1-21-8-10-22(11-9-21)18-13-16-4-2-3-5-19(16)24-20-7-6-15(14-23)12-17(18)20/h2-7,12,14,18H,8-11,13H2,1H3/p+2/t18-/m1/s1. The van der Waals surface area contributed by atoms with Gasteiger partial charge in [-0.3, -0.25) is 4.79 Å². The minimum absolute atomic E-state index is 0.448. The molecule has 4 rings (SSSR count). The van der Waals surface area contributed by atoms with Crippen LogP contribution in [0.1, 0.15) is 27.5 Å². The van der Waals surface area contributed by atoms with Gasteiger partial charge in [-0.05, 0) is 23.8 Å². The van der Waals surface area contributed by atoms with Gasteiger partial charge in [0, 0.05) is 27.3 Å². The maximum Gasteiger partial charge on any atom is 0.150 e. The number of hydrogen-bond donors (Lipinski definition) is 2. The van der Waals surface area contributed by atoms with Crippen molar-refractivity contribution < 1.29 is 14.6 Å². The summed E-state index contributed by atoms with van der Waals surface area (Å²) >= 11 is 1.86. The zero-order valence-electron chi connectivity index (χ0n) is 14.0. The Morgan fingerprint density at radius 2 is 1.83 bits per heavy atom. The van der Waals surface area contributed by atoms with Crippen LogP contribution in [0, 0.1) is 0 Å². The lowest BCUT2D eigenvalue weighted by Gasteiger charge is -2.33. The number of benzene rings is 2. The van der Waals surface area contributed by atoms with Crippen LogP contribution < -0.4 is 9.80 Å². The molecule has 1 fully saturated rings. The Morgan fingerprint density at radius 1 is 1.04 bits per heavy atom. The van der Waals surface area contributed by atoms with Crippen molar-refractivity contribution in [2.75, 3.05) is 33.2 Å². The van der Waals surface area contributed by atoms with Crippen molar-refractivity contribution in [1.29, 1.82) is 0 Å². The molecular formula is C20H24N2OS+2. The number of carbonyl (C=O) groups excluding carboxylic acids is 1. The molecule has 0 bridgehead atoms. The molecule has 0 unspecified atom stereocenters. The summed E-state index contributed by atoms with van der Waals surface area (Å²) in [5, 5.41) is 0. The largest absolute Gasteiger partial charge is 0.328 e. The summed E-state index contributed by atoms with van der Waals surface area (Å²) in [5.74, 6) is 0. The fourth-order valence-electron chi connectivity index (χ4n) is 3.94. The zero-order valence-corrected chi connectivity index (χ0v) is 14.9. The van der Waals surface area contributed by atoms with Crippen molar-refractivity contribution in [3.05, 3.63) is 59.2 Å². The predicted molar refractivity (Wildman–Crippen MR) is 96.2 cm³/mol. The second-order valence-electron chi connectivity index (χ2n) is 7.00. The third-order valence-corrected chi connectivity index (χ3v) is 6.61. The van der Waals surface area contributed by atoms with Gasteiger partial charge in [-0.15, -0.1) is 0 Å². The summed E-state index contributed by atoms with van der Waals surface area (Å²) in [6.07, 6.45) is 2.04. The zero-order chi connectivity index (χ0) is 16.5. The lowest BCUT2D eigenvalue weighted by Crippen LogP contribution is -3.27. The first kappa shape index (κ1) is 15.9. The molecule has 0 saturated carbocycles. The molecule has 2 heterocycles. The average molecular weight is 340 g/mol. The molecule has 0 aliphatic carbocycles. The van der Waals surface area contributed by atoms with Crippen LogP contribution in [-0.2, 0) is 6.42 Å². The molecule has 2 aliphatic rings. The molecule has 124 valence electrons. The molecule has 2 N–H and O–H groups in total. The summed E-state index contributed by atoms with van der Waals surface area (Å²) < 4.78 is 0. The minimum atomic E-state index is 0.448. The van der Waals surface area contributed by atoms with Gasteiger partial charge in [0.15, 0.2) is 0 Å². The van der Waals surface area contributed by atoms with Gasteiger partial charge >= 0.3 is 0 Å². The topological polar surface area (TPSA) is 26.0 Å². The minimum Gasteiger partial charge on any atom is -0.328 e. The first-order valence-corrected chi connectivity index (χ1v) is 9.57. The van der Waals surface area contributed by atoms with E-state index in [2.05, 4.69) is 43.4 Å². The van der Waals surface area contributed by atoms with Crippen molar-refractivity contribution >= 4 is 18.0 Å². The normalized spacial score (nSPS) is 26.1. The quantitative estimate of drug-likeness (QED) is 0.786. The van der Waals surface area contributed by atoms with E-state index < -0.39 is 0 Å². The molecule has 0 spiro atoms. The molecule has 1 atom stereocenters. The SMILES string of the molecule is C[NH+]1CC[NH+]([C@@H]2Cc3ccccc3Sc3ccc(C=O)cc32)CC1. The summed E-state index contributed by atoms with van der Waals surface area (Å²) in [5.41, 5.74) is 3.59. The van der Waals surface area contributed by atoms with Gasteiger partial charge in [-0.2, -0.15) is 0 Å². The van der Waals surface area contributed by atoms with E-state index in [1.807, 2.05) is 17.8 Å². The van der Waals surface area contributed by atoms with Crippen LogP contribution in [0.15, 0.2) is 52.3 Å². The monoisotopic (exact) mass is 340 g/mol. The van der Waals surface area contributed by atoms with Crippen LogP contribution >= 0.6 is 11.8 Å². The van der Waals surface area contributed by atoms with Crippen molar-refractivity contribution in [3.63, 3.8) is 0 Å². The van der Waals surface area contributed by atoms with Gasteiger partial charge in [0.25, 0.3) is 0 Å². The van der Waals surface area contributed by atoms with Gasteiger partial charge in [0.1, 0.15) is 38.5 Å². The molecule has 3 nitrogen and oxygen atoms in total. The van der Waals surface area contributed by atoms with E-state index in [0.29, 0.717) is 6.04 Å². The van der Waals surface area contributed by atoms with Crippen LogP contribution in [-0.4, -0.2) is 39.5 Å². The molecule has 0 aromatic heterocycles. The Morgan fingerprint density at radius 3 is 2.62 bits per heavy atom.